The van der Waals surface area contributed by atoms with Crippen LogP contribution in [0.25, 0.3) is 0 Å². The summed E-state index contributed by atoms with van der Waals surface area (Å²) in [6.45, 7) is 0. The van der Waals surface area contributed by atoms with E-state index < -0.39 is 5.97 Å². The Bertz CT molecular complexity index is 535. The molecule has 2 unspecified atom stereocenters. The lowest BCUT2D eigenvalue weighted by Crippen LogP contribution is -2.52. The molecule has 114 valence electrons. The molecule has 21 heavy (non-hydrogen) atoms. The first kappa shape index (κ1) is 14.7. The van der Waals surface area contributed by atoms with Crippen molar-refractivity contribution in [3.63, 3.8) is 0 Å². The molecule has 2 heterocycles. The van der Waals surface area contributed by atoms with E-state index in [4.69, 9.17) is 16.7 Å². The number of rotatable bonds is 3. The van der Waals surface area contributed by atoms with Gasteiger partial charge in [-0.25, -0.2) is 4.79 Å². The molecule has 2 N–H and O–H groups in total. The molecule has 0 radical (unpaired) electrons. The van der Waals surface area contributed by atoms with Crippen molar-refractivity contribution in [1.29, 1.82) is 0 Å². The third-order valence-electron chi connectivity index (χ3n) is 4.91. The maximum atomic E-state index is 11.0. The first-order valence-electron chi connectivity index (χ1n) is 7.56. The molecule has 2 fully saturated rings. The number of carbonyl (C=O) groups is 1. The first-order chi connectivity index (χ1) is 10.0. The Labute approximate surface area is 130 Å². The Morgan fingerprint density at radius 1 is 1.33 bits per heavy atom. The maximum absolute atomic E-state index is 11.0. The second-order valence-electron chi connectivity index (χ2n) is 6.22. The highest BCUT2D eigenvalue weighted by atomic mass is 35.5. The highest BCUT2D eigenvalue weighted by molar-refractivity contribution is 6.33. The van der Waals surface area contributed by atoms with Crippen molar-refractivity contribution in [3.05, 3.63) is 28.8 Å². The van der Waals surface area contributed by atoms with Crippen LogP contribution in [0, 0.1) is 0 Å². The summed E-state index contributed by atoms with van der Waals surface area (Å²) in [6.07, 6.45) is 6.19. The SMILES string of the molecule is CN1C2CCCC1CC(Nc1ccc(C(=O)O)c(Cl)c1)C2. The number of carboxylic acid groups (broad SMARTS) is 1. The Morgan fingerprint density at radius 2 is 2.00 bits per heavy atom. The van der Waals surface area contributed by atoms with E-state index in [-0.39, 0.29) is 5.56 Å². The van der Waals surface area contributed by atoms with Gasteiger partial charge in [-0.1, -0.05) is 18.0 Å². The zero-order valence-corrected chi connectivity index (χ0v) is 12.9. The maximum Gasteiger partial charge on any atom is 0.337 e. The number of piperidine rings is 2. The molecule has 4 nitrogen and oxygen atoms in total. The third-order valence-corrected chi connectivity index (χ3v) is 5.22. The summed E-state index contributed by atoms with van der Waals surface area (Å²) in [5.41, 5.74) is 1.07. The van der Waals surface area contributed by atoms with E-state index >= 15 is 0 Å². The average Bonchev–Trinajstić information content (AvgIpc) is 2.39. The zero-order chi connectivity index (χ0) is 15.0. The van der Waals surface area contributed by atoms with Gasteiger partial charge in [-0.2, -0.15) is 0 Å². The Balaban J connectivity index is 1.70. The number of nitrogens with one attached hydrogen (secondary N) is 1. The van der Waals surface area contributed by atoms with E-state index in [2.05, 4.69) is 17.3 Å². The van der Waals surface area contributed by atoms with Crippen molar-refractivity contribution in [3.8, 4) is 0 Å². The van der Waals surface area contributed by atoms with Gasteiger partial charge >= 0.3 is 5.97 Å². The molecule has 5 heteroatoms. The summed E-state index contributed by atoms with van der Waals surface area (Å²) in [7, 11) is 2.24. The van der Waals surface area contributed by atoms with Crippen LogP contribution in [0.2, 0.25) is 5.02 Å². The lowest BCUT2D eigenvalue weighted by Gasteiger charge is -2.47. The molecule has 2 atom stereocenters. The third kappa shape index (κ3) is 3.01. The standard InChI is InChI=1S/C16H21ClN2O2/c1-19-12-3-2-4-13(19)8-11(7-12)18-10-5-6-14(16(20)21)15(17)9-10/h5-6,9,11-13,18H,2-4,7-8H2,1H3,(H,20,21). The Morgan fingerprint density at radius 3 is 2.57 bits per heavy atom. The number of nitrogens with zero attached hydrogens (tertiary/aromatic N) is 1. The second-order valence-corrected chi connectivity index (χ2v) is 6.62. The van der Waals surface area contributed by atoms with Crippen LogP contribution in [0.4, 0.5) is 5.69 Å². The van der Waals surface area contributed by atoms with Crippen molar-refractivity contribution in [1.82, 2.24) is 4.90 Å². The molecule has 2 aliphatic rings. The summed E-state index contributed by atoms with van der Waals surface area (Å²) in [5.74, 6) is -0.986. The molecule has 2 saturated heterocycles. The minimum absolute atomic E-state index is 0.155. The number of benzene rings is 1. The monoisotopic (exact) mass is 308 g/mol. The van der Waals surface area contributed by atoms with Crippen molar-refractivity contribution < 1.29 is 9.90 Å². The number of halogens is 1. The lowest BCUT2D eigenvalue weighted by atomic mass is 9.82. The summed E-state index contributed by atoms with van der Waals surface area (Å²) < 4.78 is 0. The second kappa shape index (κ2) is 5.85. The molecule has 1 aromatic rings. The van der Waals surface area contributed by atoms with Gasteiger partial charge < -0.3 is 15.3 Å². The van der Waals surface area contributed by atoms with E-state index in [1.165, 1.54) is 19.3 Å². The zero-order valence-electron chi connectivity index (χ0n) is 12.2. The molecule has 0 aliphatic carbocycles. The minimum atomic E-state index is -0.986. The van der Waals surface area contributed by atoms with Crippen LogP contribution in [-0.4, -0.2) is 41.1 Å². The van der Waals surface area contributed by atoms with Crippen LogP contribution in [0.15, 0.2) is 18.2 Å². The van der Waals surface area contributed by atoms with E-state index in [1.807, 2.05) is 6.07 Å². The van der Waals surface area contributed by atoms with Crippen molar-refractivity contribution in [2.75, 3.05) is 12.4 Å². The van der Waals surface area contributed by atoms with Gasteiger partial charge in [0.25, 0.3) is 0 Å². The quantitative estimate of drug-likeness (QED) is 0.898. The highest BCUT2D eigenvalue weighted by Gasteiger charge is 2.35. The average molecular weight is 309 g/mol. The number of hydrogen-bond acceptors (Lipinski definition) is 3. The largest absolute Gasteiger partial charge is 0.478 e. The van der Waals surface area contributed by atoms with Crippen LogP contribution >= 0.6 is 11.6 Å². The predicted octanol–water partition coefficient (Wildman–Crippen LogP) is 3.47. The molecular weight excluding hydrogens is 288 g/mol. The van der Waals surface area contributed by atoms with Gasteiger partial charge in [-0.15, -0.1) is 0 Å². The number of aromatic carboxylic acids is 1. The van der Waals surface area contributed by atoms with Crippen LogP contribution in [0.5, 0.6) is 0 Å². The fraction of sp³-hybridized carbons (Fsp3) is 0.562. The van der Waals surface area contributed by atoms with Gasteiger partial charge in [0.1, 0.15) is 0 Å². The molecule has 0 spiro atoms. The smallest absolute Gasteiger partial charge is 0.337 e. The van der Waals surface area contributed by atoms with E-state index in [0.29, 0.717) is 23.1 Å². The summed E-state index contributed by atoms with van der Waals surface area (Å²) >= 11 is 6.03. The molecule has 2 bridgehead atoms. The molecule has 2 aliphatic heterocycles. The normalized spacial score (nSPS) is 29.1. The molecular formula is C16H21ClN2O2. The van der Waals surface area contributed by atoms with Gasteiger partial charge in [0.15, 0.2) is 0 Å². The fourth-order valence-electron chi connectivity index (χ4n) is 3.75. The van der Waals surface area contributed by atoms with E-state index in [9.17, 15) is 4.79 Å². The van der Waals surface area contributed by atoms with Crippen LogP contribution in [0.3, 0.4) is 0 Å². The number of fused-ring (bicyclic) bond motifs is 2. The summed E-state index contributed by atoms with van der Waals surface area (Å²) in [4.78, 5) is 13.5. The Hall–Kier alpha value is -1.26. The van der Waals surface area contributed by atoms with Crippen molar-refractivity contribution in [2.45, 2.75) is 50.2 Å². The van der Waals surface area contributed by atoms with Gasteiger partial charge in [-0.3, -0.25) is 0 Å². The lowest BCUT2D eigenvalue weighted by molar-refractivity contribution is 0.0608. The van der Waals surface area contributed by atoms with Crippen molar-refractivity contribution >= 4 is 23.3 Å². The number of carboxylic acids is 1. The van der Waals surface area contributed by atoms with Gasteiger partial charge in [0, 0.05) is 23.8 Å². The first-order valence-corrected chi connectivity index (χ1v) is 7.93. The highest BCUT2D eigenvalue weighted by Crippen LogP contribution is 2.34. The molecule has 1 aromatic carbocycles. The fourth-order valence-corrected chi connectivity index (χ4v) is 4.01. The van der Waals surface area contributed by atoms with Crippen molar-refractivity contribution in [2.24, 2.45) is 0 Å². The van der Waals surface area contributed by atoms with Crippen LogP contribution in [-0.2, 0) is 0 Å². The number of hydrogen-bond donors (Lipinski definition) is 2. The summed E-state index contributed by atoms with van der Waals surface area (Å²) in [5, 5.41) is 12.8. The van der Waals surface area contributed by atoms with Gasteiger partial charge in [0.05, 0.1) is 10.6 Å². The molecule has 0 aromatic heterocycles. The van der Waals surface area contributed by atoms with Gasteiger partial charge in [-0.05, 0) is 50.9 Å². The molecule has 0 saturated carbocycles. The summed E-state index contributed by atoms with van der Waals surface area (Å²) in [6, 6.07) is 6.89. The van der Waals surface area contributed by atoms with E-state index in [0.717, 1.165) is 18.5 Å². The van der Waals surface area contributed by atoms with Gasteiger partial charge in [0.2, 0.25) is 0 Å². The topological polar surface area (TPSA) is 52.6 Å². The minimum Gasteiger partial charge on any atom is -0.478 e. The van der Waals surface area contributed by atoms with Crippen LogP contribution < -0.4 is 5.32 Å². The molecule has 0 amide bonds. The Kier molecular flexibility index (Phi) is 4.09. The van der Waals surface area contributed by atoms with Crippen LogP contribution in [0.1, 0.15) is 42.5 Å². The predicted molar refractivity (Wildman–Crippen MR) is 84.2 cm³/mol. The molecule has 3 rings (SSSR count). The number of anilines is 1. The van der Waals surface area contributed by atoms with E-state index in [1.54, 1.807) is 12.1 Å².